The van der Waals surface area contributed by atoms with Gasteiger partial charge in [0, 0.05) is 48.1 Å². The zero-order chi connectivity index (χ0) is 25.2. The average molecular weight is 491 g/mol. The number of nitrogens with zero attached hydrogens (tertiary/aromatic N) is 2. The lowest BCUT2D eigenvalue weighted by Crippen LogP contribution is -2.51. The first-order chi connectivity index (χ1) is 17.7. The van der Waals surface area contributed by atoms with Crippen molar-refractivity contribution < 1.29 is 14.3 Å². The van der Waals surface area contributed by atoms with Crippen LogP contribution in [0.25, 0.3) is 10.9 Å². The number of nitrogens with one attached hydrogen (secondary N) is 2. The van der Waals surface area contributed by atoms with Crippen molar-refractivity contribution in [3.63, 3.8) is 0 Å². The second-order valence-corrected chi connectivity index (χ2v) is 9.62. The van der Waals surface area contributed by atoms with Gasteiger partial charge >= 0.3 is 5.97 Å². The number of unbranched alkanes of at least 4 members (excludes halogenated alkanes) is 5. The molecule has 3 heterocycles. The molecular weight excluding hydrogens is 452 g/mol. The number of hydrogen-bond donors (Lipinski definition) is 2. The summed E-state index contributed by atoms with van der Waals surface area (Å²) in [6.07, 6.45) is 14.2. The van der Waals surface area contributed by atoms with E-state index in [4.69, 9.17) is 4.74 Å². The maximum atomic E-state index is 13.4. The molecule has 2 atom stereocenters. The van der Waals surface area contributed by atoms with Gasteiger partial charge in [-0.15, -0.1) is 0 Å². The van der Waals surface area contributed by atoms with Crippen molar-refractivity contribution in [2.75, 3.05) is 18.1 Å². The molecular formula is C29H38N4O3. The van der Waals surface area contributed by atoms with Crippen LogP contribution in [0.4, 0.5) is 5.69 Å². The number of amides is 1. The molecule has 3 aromatic rings. The van der Waals surface area contributed by atoms with Crippen LogP contribution in [-0.2, 0) is 20.7 Å². The predicted octanol–water partition coefficient (Wildman–Crippen LogP) is 5.16. The van der Waals surface area contributed by atoms with Crippen LogP contribution in [0, 0.1) is 0 Å². The number of aromatic amines is 1. The third kappa shape index (κ3) is 6.65. The Bertz CT molecular complexity index is 1110. The van der Waals surface area contributed by atoms with Gasteiger partial charge in [-0.25, -0.2) is 4.79 Å². The number of hydrogen-bond acceptors (Lipinski definition) is 5. The molecule has 0 spiro atoms. The normalized spacial score (nSPS) is 16.2. The zero-order valence-electron chi connectivity index (χ0n) is 21.2. The zero-order valence-corrected chi connectivity index (χ0v) is 21.2. The third-order valence-electron chi connectivity index (χ3n) is 6.99. The van der Waals surface area contributed by atoms with Crippen LogP contribution in [0.5, 0.6) is 0 Å². The molecule has 7 nitrogen and oxygen atoms in total. The summed E-state index contributed by atoms with van der Waals surface area (Å²) in [5.41, 5.74) is 2.98. The monoisotopic (exact) mass is 490 g/mol. The molecule has 1 aliphatic heterocycles. The van der Waals surface area contributed by atoms with Crippen molar-refractivity contribution in [1.29, 1.82) is 0 Å². The molecule has 4 rings (SSSR count). The molecule has 192 valence electrons. The van der Waals surface area contributed by atoms with Crippen molar-refractivity contribution in [1.82, 2.24) is 15.3 Å². The summed E-state index contributed by atoms with van der Waals surface area (Å²) in [7, 11) is 0. The number of para-hydroxylation sites is 1. The molecule has 1 amide bonds. The predicted molar refractivity (Wildman–Crippen MR) is 143 cm³/mol. The lowest BCUT2D eigenvalue weighted by Gasteiger charge is -2.27. The quantitative estimate of drug-likeness (QED) is 0.255. The highest BCUT2D eigenvalue weighted by Gasteiger charge is 2.34. The number of benzene rings is 1. The molecule has 0 bridgehead atoms. The summed E-state index contributed by atoms with van der Waals surface area (Å²) in [6.45, 7) is 3.39. The molecule has 0 unspecified atom stereocenters. The number of carbonyl (C=O) groups excluding carboxylic acids is 2. The summed E-state index contributed by atoms with van der Waals surface area (Å²) < 4.78 is 5.66. The maximum absolute atomic E-state index is 13.4. The highest BCUT2D eigenvalue weighted by molar-refractivity contribution is 5.91. The van der Waals surface area contributed by atoms with E-state index in [-0.39, 0.29) is 17.9 Å². The Morgan fingerprint density at radius 3 is 2.72 bits per heavy atom. The number of anilines is 1. The Morgan fingerprint density at radius 1 is 1.11 bits per heavy atom. The average Bonchev–Trinajstić information content (AvgIpc) is 3.56. The largest absolute Gasteiger partial charge is 0.464 e. The van der Waals surface area contributed by atoms with Gasteiger partial charge in [-0.1, -0.05) is 57.2 Å². The van der Waals surface area contributed by atoms with E-state index in [0.717, 1.165) is 60.8 Å². The van der Waals surface area contributed by atoms with Crippen LogP contribution in [0.3, 0.4) is 0 Å². The van der Waals surface area contributed by atoms with E-state index in [1.807, 2.05) is 42.6 Å². The summed E-state index contributed by atoms with van der Waals surface area (Å²) in [5, 5.41) is 4.10. The molecule has 2 aromatic heterocycles. The van der Waals surface area contributed by atoms with Crippen LogP contribution in [0.15, 0.2) is 55.0 Å². The number of pyridine rings is 1. The van der Waals surface area contributed by atoms with E-state index in [1.54, 1.807) is 12.4 Å². The van der Waals surface area contributed by atoms with Gasteiger partial charge < -0.3 is 19.9 Å². The Kier molecular flexibility index (Phi) is 9.36. The number of ether oxygens (including phenoxy) is 1. The molecule has 0 radical (unpaired) electrons. The molecule has 0 saturated carbocycles. The van der Waals surface area contributed by atoms with Crippen molar-refractivity contribution in [3.05, 3.63) is 60.6 Å². The molecule has 2 N–H and O–H groups in total. The van der Waals surface area contributed by atoms with Crippen molar-refractivity contribution in [2.45, 2.75) is 76.8 Å². The van der Waals surface area contributed by atoms with Crippen LogP contribution < -0.4 is 10.2 Å². The molecule has 1 aromatic carbocycles. The minimum atomic E-state index is -0.739. The third-order valence-corrected chi connectivity index (χ3v) is 6.99. The summed E-state index contributed by atoms with van der Waals surface area (Å²) in [6, 6.07) is 10.8. The minimum absolute atomic E-state index is 0.134. The Hall–Kier alpha value is -3.35. The second kappa shape index (κ2) is 13.1. The standard InChI is InChI=1S/C29H38N4O3/c1-2-3-4-5-6-9-19-36-29(35)26(20-22-21-31-25-12-8-7-11-24(22)25)32-28(34)27-13-10-18-33(27)23-14-16-30-17-15-23/h7-8,11-12,14-17,21,26-27,31H,2-6,9-10,13,18-20H2,1H3,(H,32,34)/t26-,27-/m0/s1. The van der Waals surface area contributed by atoms with Gasteiger partial charge in [0.2, 0.25) is 5.91 Å². The lowest BCUT2D eigenvalue weighted by molar-refractivity contribution is -0.148. The van der Waals surface area contributed by atoms with Gasteiger partial charge in [-0.05, 0) is 43.0 Å². The van der Waals surface area contributed by atoms with Crippen molar-refractivity contribution >= 4 is 28.5 Å². The Morgan fingerprint density at radius 2 is 1.89 bits per heavy atom. The van der Waals surface area contributed by atoms with Crippen LogP contribution in [-0.4, -0.2) is 47.1 Å². The molecule has 36 heavy (non-hydrogen) atoms. The summed E-state index contributed by atoms with van der Waals surface area (Å²) in [4.78, 5) is 36.1. The first-order valence-corrected chi connectivity index (χ1v) is 13.4. The van der Waals surface area contributed by atoms with Gasteiger partial charge in [-0.2, -0.15) is 0 Å². The van der Waals surface area contributed by atoms with E-state index in [1.165, 1.54) is 19.3 Å². The van der Waals surface area contributed by atoms with E-state index in [9.17, 15) is 9.59 Å². The van der Waals surface area contributed by atoms with Gasteiger partial charge in [0.25, 0.3) is 0 Å². The molecule has 1 saturated heterocycles. The topological polar surface area (TPSA) is 87.3 Å². The SMILES string of the molecule is CCCCCCCCOC(=O)[C@H](Cc1c[nH]c2ccccc12)NC(=O)[C@@H]1CCCN1c1ccncc1. The maximum Gasteiger partial charge on any atom is 0.328 e. The first kappa shape index (κ1) is 25.7. The Labute approximate surface area is 213 Å². The fourth-order valence-corrected chi connectivity index (χ4v) is 5.02. The first-order valence-electron chi connectivity index (χ1n) is 13.4. The molecule has 7 heteroatoms. The van der Waals surface area contributed by atoms with E-state index < -0.39 is 6.04 Å². The number of rotatable bonds is 13. The number of H-pyrrole nitrogens is 1. The minimum Gasteiger partial charge on any atom is -0.464 e. The number of aromatic nitrogens is 2. The lowest BCUT2D eigenvalue weighted by atomic mass is 10.0. The summed E-state index contributed by atoms with van der Waals surface area (Å²) >= 11 is 0. The van der Waals surface area contributed by atoms with Crippen LogP contribution >= 0.6 is 0 Å². The van der Waals surface area contributed by atoms with Crippen molar-refractivity contribution in [3.8, 4) is 0 Å². The molecule has 1 fully saturated rings. The van der Waals surface area contributed by atoms with Gasteiger partial charge in [0.15, 0.2) is 0 Å². The van der Waals surface area contributed by atoms with Crippen molar-refractivity contribution in [2.24, 2.45) is 0 Å². The van der Waals surface area contributed by atoms with E-state index in [2.05, 4.69) is 27.1 Å². The summed E-state index contributed by atoms with van der Waals surface area (Å²) in [5.74, 6) is -0.499. The number of carbonyl (C=O) groups is 2. The molecule has 1 aliphatic rings. The molecule has 0 aliphatic carbocycles. The highest BCUT2D eigenvalue weighted by Crippen LogP contribution is 2.25. The van der Waals surface area contributed by atoms with E-state index in [0.29, 0.717) is 13.0 Å². The highest BCUT2D eigenvalue weighted by atomic mass is 16.5. The smallest absolute Gasteiger partial charge is 0.328 e. The Balaban J connectivity index is 1.42. The fourth-order valence-electron chi connectivity index (χ4n) is 5.02. The van der Waals surface area contributed by atoms with E-state index >= 15 is 0 Å². The van der Waals surface area contributed by atoms with Gasteiger partial charge in [0.1, 0.15) is 12.1 Å². The number of fused-ring (bicyclic) bond motifs is 1. The van der Waals surface area contributed by atoms with Crippen LogP contribution in [0.1, 0.15) is 63.9 Å². The fraction of sp³-hybridized carbons (Fsp3) is 0.483. The van der Waals surface area contributed by atoms with Gasteiger partial charge in [-0.3, -0.25) is 9.78 Å². The van der Waals surface area contributed by atoms with Gasteiger partial charge in [0.05, 0.1) is 6.61 Å². The number of esters is 1. The van der Waals surface area contributed by atoms with Crippen LogP contribution in [0.2, 0.25) is 0 Å². The second-order valence-electron chi connectivity index (χ2n) is 9.62.